The van der Waals surface area contributed by atoms with Crippen LogP contribution in [0.3, 0.4) is 0 Å². The second kappa shape index (κ2) is 7.48. The van der Waals surface area contributed by atoms with Gasteiger partial charge >= 0.3 is 0 Å². The molecule has 4 aliphatic rings. The highest BCUT2D eigenvalue weighted by molar-refractivity contribution is 5.80. The molecular weight excluding hydrogens is 320 g/mol. The molecule has 2 heterocycles. The smallest absolute Gasteiger partial charge is 0.227 e. The van der Waals surface area contributed by atoms with Gasteiger partial charge in [0.25, 0.3) is 0 Å². The van der Waals surface area contributed by atoms with E-state index < -0.39 is 0 Å². The van der Waals surface area contributed by atoms with Crippen LogP contribution in [-0.4, -0.2) is 37.0 Å². The maximum atomic E-state index is 12.6. The molecule has 0 aromatic rings. The largest absolute Gasteiger partial charge is 0.353 e. The van der Waals surface area contributed by atoms with Crippen LogP contribution < -0.4 is 21.6 Å². The predicted octanol–water partition coefficient (Wildman–Crippen LogP) is 1.02. The van der Waals surface area contributed by atoms with Gasteiger partial charge in [-0.25, -0.2) is 5.48 Å². The molecule has 0 spiro atoms. The summed E-state index contributed by atoms with van der Waals surface area (Å²) in [6.45, 7) is 4.71. The third kappa shape index (κ3) is 3.57. The molecule has 0 aromatic heterocycles. The van der Waals surface area contributed by atoms with Crippen molar-refractivity contribution >= 4 is 5.91 Å². The van der Waals surface area contributed by atoms with Gasteiger partial charge in [-0.3, -0.25) is 19.8 Å². The second-order valence-corrected chi connectivity index (χ2v) is 8.24. The van der Waals surface area contributed by atoms with Gasteiger partial charge in [0.05, 0.1) is 18.2 Å². The SMILES string of the molecule is CCC1NC(C2CCC3C(CC[C@H]3NC(=O)C3CNOC3C)C2)NO1. The van der Waals surface area contributed by atoms with Crippen LogP contribution in [0.1, 0.15) is 52.4 Å². The number of hydrogen-bond acceptors (Lipinski definition) is 6. The van der Waals surface area contributed by atoms with Crippen LogP contribution in [0.15, 0.2) is 0 Å². The zero-order valence-corrected chi connectivity index (χ0v) is 15.3. The fourth-order valence-electron chi connectivity index (χ4n) is 5.25. The quantitative estimate of drug-likeness (QED) is 0.605. The topological polar surface area (TPSA) is 83.7 Å². The van der Waals surface area contributed by atoms with Crippen LogP contribution in [0.5, 0.6) is 0 Å². The number of rotatable bonds is 4. The van der Waals surface area contributed by atoms with E-state index in [2.05, 4.69) is 28.5 Å². The molecule has 142 valence electrons. The summed E-state index contributed by atoms with van der Waals surface area (Å²) in [5, 5.41) is 6.89. The third-order valence-corrected chi connectivity index (χ3v) is 6.80. The molecule has 0 aromatic carbocycles. The van der Waals surface area contributed by atoms with Gasteiger partial charge in [-0.1, -0.05) is 6.92 Å². The first-order chi connectivity index (χ1) is 12.2. The molecule has 2 aliphatic heterocycles. The highest BCUT2D eigenvalue weighted by atomic mass is 16.7. The Balaban J connectivity index is 1.29. The van der Waals surface area contributed by atoms with Gasteiger partial charge in [-0.2, -0.15) is 5.48 Å². The number of amides is 1. The lowest BCUT2D eigenvalue weighted by molar-refractivity contribution is -0.127. The summed E-state index contributed by atoms with van der Waals surface area (Å²) in [5.74, 6) is 2.08. The zero-order chi connectivity index (χ0) is 17.4. The number of carbonyl (C=O) groups is 1. The summed E-state index contributed by atoms with van der Waals surface area (Å²) in [6.07, 6.45) is 7.33. The molecule has 2 saturated heterocycles. The Bertz CT molecular complexity index is 491. The van der Waals surface area contributed by atoms with Crippen LogP contribution in [0, 0.1) is 23.7 Å². The van der Waals surface area contributed by atoms with E-state index >= 15 is 0 Å². The number of nitrogens with one attached hydrogen (secondary N) is 4. The zero-order valence-electron chi connectivity index (χ0n) is 15.3. The summed E-state index contributed by atoms with van der Waals surface area (Å²) < 4.78 is 0. The number of hydroxylamine groups is 2. The minimum absolute atomic E-state index is 0.0426. The minimum atomic E-state index is -0.0644. The summed E-state index contributed by atoms with van der Waals surface area (Å²) in [5.41, 5.74) is 6.03. The Kier molecular flexibility index (Phi) is 5.29. The molecule has 2 saturated carbocycles. The standard InChI is InChI=1S/C18H32N4O3/c1-3-16-21-17(22-25-16)12-4-6-13-11(8-12)5-7-15(13)20-18(23)14-9-19-24-10(14)2/h10-17,19,21-22H,3-9H2,1-2H3,(H,20,23)/t10?,11?,12?,13?,14?,15-,16?,17?/m1/s1. The highest BCUT2D eigenvalue weighted by Gasteiger charge is 2.44. The first kappa shape index (κ1) is 17.7. The molecule has 7 heteroatoms. The normalized spacial score (nSPS) is 47.0. The Morgan fingerprint density at radius 2 is 2.00 bits per heavy atom. The summed E-state index contributed by atoms with van der Waals surface area (Å²) in [6, 6.07) is 0.343. The molecule has 7 unspecified atom stereocenters. The van der Waals surface area contributed by atoms with Crippen molar-refractivity contribution in [3.63, 3.8) is 0 Å². The van der Waals surface area contributed by atoms with Gasteiger partial charge in [0.2, 0.25) is 5.91 Å². The van der Waals surface area contributed by atoms with E-state index in [1.807, 2.05) is 6.92 Å². The van der Waals surface area contributed by atoms with Crippen molar-refractivity contribution < 1.29 is 14.5 Å². The van der Waals surface area contributed by atoms with Crippen LogP contribution in [0.2, 0.25) is 0 Å². The second-order valence-electron chi connectivity index (χ2n) is 8.24. The monoisotopic (exact) mass is 352 g/mol. The Labute approximate surface area is 149 Å². The van der Waals surface area contributed by atoms with E-state index in [1.165, 1.54) is 25.7 Å². The number of hydrogen-bond donors (Lipinski definition) is 4. The fraction of sp³-hybridized carbons (Fsp3) is 0.944. The first-order valence-corrected chi connectivity index (χ1v) is 10.0. The van der Waals surface area contributed by atoms with E-state index in [-0.39, 0.29) is 30.3 Å². The molecule has 2 aliphatic carbocycles. The maximum Gasteiger partial charge on any atom is 0.227 e. The highest BCUT2D eigenvalue weighted by Crippen LogP contribution is 2.45. The van der Waals surface area contributed by atoms with Crippen LogP contribution in [0.4, 0.5) is 0 Å². The van der Waals surface area contributed by atoms with Crippen molar-refractivity contribution in [2.24, 2.45) is 23.7 Å². The number of fused-ring (bicyclic) bond motifs is 1. The average molecular weight is 352 g/mol. The van der Waals surface area contributed by atoms with E-state index in [1.54, 1.807) is 0 Å². The molecule has 1 amide bonds. The van der Waals surface area contributed by atoms with Gasteiger partial charge in [0.15, 0.2) is 0 Å². The molecule has 8 atom stereocenters. The average Bonchev–Trinajstić information content (AvgIpc) is 3.34. The van der Waals surface area contributed by atoms with Gasteiger partial charge in [0, 0.05) is 12.6 Å². The third-order valence-electron chi connectivity index (χ3n) is 6.80. The van der Waals surface area contributed by atoms with Gasteiger partial charge < -0.3 is 5.32 Å². The van der Waals surface area contributed by atoms with Crippen molar-refractivity contribution in [1.29, 1.82) is 0 Å². The van der Waals surface area contributed by atoms with Crippen molar-refractivity contribution in [3.05, 3.63) is 0 Å². The molecule has 0 bridgehead atoms. The molecule has 4 fully saturated rings. The lowest BCUT2D eigenvalue weighted by Crippen LogP contribution is -2.47. The lowest BCUT2D eigenvalue weighted by Gasteiger charge is -2.37. The Morgan fingerprint density at radius 1 is 1.16 bits per heavy atom. The molecule has 0 radical (unpaired) electrons. The maximum absolute atomic E-state index is 12.6. The Morgan fingerprint density at radius 3 is 2.72 bits per heavy atom. The molecule has 7 nitrogen and oxygen atoms in total. The van der Waals surface area contributed by atoms with Gasteiger partial charge in [-0.15, -0.1) is 0 Å². The molecule has 4 N–H and O–H groups in total. The van der Waals surface area contributed by atoms with E-state index in [0.717, 1.165) is 18.8 Å². The fourth-order valence-corrected chi connectivity index (χ4v) is 5.25. The molecular formula is C18H32N4O3. The molecule has 25 heavy (non-hydrogen) atoms. The predicted molar refractivity (Wildman–Crippen MR) is 92.7 cm³/mol. The summed E-state index contributed by atoms with van der Waals surface area (Å²) in [7, 11) is 0. The van der Waals surface area contributed by atoms with Crippen LogP contribution >= 0.6 is 0 Å². The van der Waals surface area contributed by atoms with Crippen molar-refractivity contribution in [2.75, 3.05) is 6.54 Å². The van der Waals surface area contributed by atoms with E-state index in [0.29, 0.717) is 24.4 Å². The Hall–Kier alpha value is -0.730. The summed E-state index contributed by atoms with van der Waals surface area (Å²) in [4.78, 5) is 23.5. The number of carbonyl (C=O) groups excluding carboxylic acids is 1. The van der Waals surface area contributed by atoms with Crippen molar-refractivity contribution in [3.8, 4) is 0 Å². The van der Waals surface area contributed by atoms with Crippen molar-refractivity contribution in [2.45, 2.75) is 76.9 Å². The van der Waals surface area contributed by atoms with E-state index in [4.69, 9.17) is 9.68 Å². The van der Waals surface area contributed by atoms with Crippen LogP contribution in [-0.2, 0) is 14.5 Å². The molecule has 4 rings (SSSR count). The minimum Gasteiger partial charge on any atom is -0.353 e. The van der Waals surface area contributed by atoms with Crippen molar-refractivity contribution in [1.82, 2.24) is 21.6 Å². The van der Waals surface area contributed by atoms with E-state index in [9.17, 15) is 4.79 Å². The first-order valence-electron chi connectivity index (χ1n) is 10.0. The summed E-state index contributed by atoms with van der Waals surface area (Å²) >= 11 is 0. The van der Waals surface area contributed by atoms with Gasteiger partial charge in [0.1, 0.15) is 6.23 Å². The lowest BCUT2D eigenvalue weighted by atomic mass is 9.73. The van der Waals surface area contributed by atoms with Crippen LogP contribution in [0.25, 0.3) is 0 Å². The van der Waals surface area contributed by atoms with Gasteiger partial charge in [-0.05, 0) is 63.2 Å².